The van der Waals surface area contributed by atoms with Crippen LogP contribution in [0.1, 0.15) is 119 Å². The second-order valence-electron chi connectivity index (χ2n) is 17.1. The van der Waals surface area contributed by atoms with Crippen LogP contribution < -0.4 is 5.32 Å². The van der Waals surface area contributed by atoms with Gasteiger partial charge in [-0.05, 0) is 146 Å². The minimum absolute atomic E-state index is 0.112. The molecule has 6 aliphatic rings. The molecule has 4 fully saturated rings. The van der Waals surface area contributed by atoms with Gasteiger partial charge in [0.15, 0.2) is 0 Å². The first-order valence-electron chi connectivity index (χ1n) is 17.4. The molecule has 0 aromatic rings. The van der Waals surface area contributed by atoms with E-state index in [2.05, 4.69) is 65.6 Å². The number of carboxylic acid groups (broad SMARTS) is 1. The van der Waals surface area contributed by atoms with E-state index in [0.29, 0.717) is 52.9 Å². The fourth-order valence-corrected chi connectivity index (χ4v) is 13.2. The molecule has 0 saturated heterocycles. The van der Waals surface area contributed by atoms with Gasteiger partial charge in [0.05, 0.1) is 12.5 Å². The van der Waals surface area contributed by atoms with Crippen molar-refractivity contribution in [2.45, 2.75) is 124 Å². The molecular weight excluding hydrogens is 518 g/mol. The van der Waals surface area contributed by atoms with E-state index >= 15 is 0 Å². The number of hydrogen-bond donors (Lipinski definition) is 3. The maximum absolute atomic E-state index is 11.6. The highest BCUT2D eigenvalue weighted by molar-refractivity contribution is 5.70. The van der Waals surface area contributed by atoms with E-state index in [-0.39, 0.29) is 23.5 Å². The summed E-state index contributed by atoms with van der Waals surface area (Å²) in [5.74, 6) is 2.46. The van der Waals surface area contributed by atoms with Gasteiger partial charge < -0.3 is 15.5 Å². The molecule has 0 aromatic heterocycles. The number of nitrogens with one attached hydrogen (secondary N) is 1. The van der Waals surface area contributed by atoms with Crippen LogP contribution >= 0.6 is 0 Å². The first-order chi connectivity index (χ1) is 19.7. The molecule has 4 saturated carbocycles. The number of aliphatic hydroxyl groups excluding tert-OH is 1. The van der Waals surface area contributed by atoms with Gasteiger partial charge in [-0.3, -0.25) is 4.79 Å². The summed E-state index contributed by atoms with van der Waals surface area (Å²) in [6.45, 7) is 20.8. The summed E-state index contributed by atoms with van der Waals surface area (Å²) in [6.07, 6.45) is 18.7. The smallest absolute Gasteiger partial charge is 0.306 e. The number of carbonyl (C=O) groups is 1. The number of β-amino-alcohol motifs (C(OH)–C–C–N with tert-alkyl or cyclic N) is 1. The number of fused-ring (bicyclic) bond motifs is 7. The van der Waals surface area contributed by atoms with E-state index in [1.165, 1.54) is 68.1 Å². The molecule has 234 valence electrons. The molecule has 4 nitrogen and oxygen atoms in total. The summed E-state index contributed by atoms with van der Waals surface area (Å²) in [6, 6.07) is 0. The Labute approximate surface area is 255 Å². The minimum Gasteiger partial charge on any atom is -0.481 e. The molecule has 3 N–H and O–H groups in total. The third kappa shape index (κ3) is 4.16. The molecule has 0 heterocycles. The van der Waals surface area contributed by atoms with Crippen LogP contribution in [0.15, 0.2) is 35.5 Å². The van der Waals surface area contributed by atoms with Crippen molar-refractivity contribution in [3.63, 3.8) is 0 Å². The summed E-state index contributed by atoms with van der Waals surface area (Å²) < 4.78 is 0. The monoisotopic (exact) mass is 577 g/mol. The first kappa shape index (κ1) is 30.6. The Morgan fingerprint density at radius 1 is 0.952 bits per heavy atom. The Balaban J connectivity index is 1.33. The average molecular weight is 578 g/mol. The van der Waals surface area contributed by atoms with Crippen LogP contribution in [-0.4, -0.2) is 34.9 Å². The van der Waals surface area contributed by atoms with Gasteiger partial charge in [-0.25, -0.2) is 0 Å². The van der Waals surface area contributed by atoms with E-state index < -0.39 is 5.97 Å². The van der Waals surface area contributed by atoms with Crippen molar-refractivity contribution in [3.05, 3.63) is 35.5 Å². The van der Waals surface area contributed by atoms with Crippen LogP contribution in [-0.2, 0) is 4.79 Å². The van der Waals surface area contributed by atoms with Crippen molar-refractivity contribution in [1.29, 1.82) is 0 Å². The van der Waals surface area contributed by atoms with Crippen molar-refractivity contribution in [3.8, 4) is 0 Å². The van der Waals surface area contributed by atoms with Crippen LogP contribution in [0.2, 0.25) is 0 Å². The van der Waals surface area contributed by atoms with Crippen LogP contribution in [0.3, 0.4) is 0 Å². The zero-order valence-electron chi connectivity index (χ0n) is 27.5. The summed E-state index contributed by atoms with van der Waals surface area (Å²) in [7, 11) is 0. The van der Waals surface area contributed by atoms with Crippen molar-refractivity contribution in [1.82, 2.24) is 5.32 Å². The summed E-state index contributed by atoms with van der Waals surface area (Å²) in [4.78, 5) is 11.6. The topological polar surface area (TPSA) is 69.6 Å². The number of carboxylic acids is 1. The van der Waals surface area contributed by atoms with Crippen LogP contribution in [0.25, 0.3) is 0 Å². The molecule has 0 aliphatic heterocycles. The van der Waals surface area contributed by atoms with Crippen molar-refractivity contribution in [2.75, 3.05) is 13.2 Å². The Morgan fingerprint density at radius 2 is 1.71 bits per heavy atom. The average Bonchev–Trinajstić information content (AvgIpc) is 3.32. The van der Waals surface area contributed by atoms with Gasteiger partial charge in [-0.1, -0.05) is 58.9 Å². The molecule has 42 heavy (non-hydrogen) atoms. The van der Waals surface area contributed by atoms with Crippen LogP contribution in [0.4, 0.5) is 0 Å². The van der Waals surface area contributed by atoms with Gasteiger partial charge in [0.2, 0.25) is 0 Å². The second-order valence-corrected chi connectivity index (χ2v) is 17.1. The van der Waals surface area contributed by atoms with Gasteiger partial charge in [0.25, 0.3) is 0 Å². The number of aliphatic hydroxyl groups is 1. The lowest BCUT2D eigenvalue weighted by Gasteiger charge is -2.72. The number of aliphatic carboxylic acids is 1. The van der Waals surface area contributed by atoms with Crippen molar-refractivity contribution >= 4 is 5.97 Å². The first-order valence-corrected chi connectivity index (χ1v) is 17.4. The lowest BCUT2D eigenvalue weighted by Crippen LogP contribution is -2.68. The van der Waals surface area contributed by atoms with Gasteiger partial charge >= 0.3 is 5.97 Å². The third-order valence-corrected chi connectivity index (χ3v) is 15.3. The lowest BCUT2D eigenvalue weighted by molar-refractivity contribution is -0.221. The SMILES string of the molecule is C=C(C)[C@@H]1CC[C@]2(NCCO)CC[C@]3(C)[C@H](CC[C@@H]4[C@@]5(C)CC=C(C6=CC[C@H](C(=O)O)CC6)C(C)(C)[C@@H]5CC[C@]43C)[C@@H]12. The molecule has 6 rings (SSSR count). The highest BCUT2D eigenvalue weighted by atomic mass is 16.4. The molecule has 10 atom stereocenters. The Kier molecular flexibility index (Phi) is 7.53. The van der Waals surface area contributed by atoms with E-state index in [4.69, 9.17) is 0 Å². The van der Waals surface area contributed by atoms with Crippen molar-refractivity contribution < 1.29 is 15.0 Å². The Hall–Kier alpha value is -1.39. The molecule has 0 spiro atoms. The molecule has 0 bridgehead atoms. The molecule has 0 unspecified atom stereocenters. The maximum atomic E-state index is 11.6. The van der Waals surface area contributed by atoms with Gasteiger partial charge in [0.1, 0.15) is 0 Å². The van der Waals surface area contributed by atoms with E-state index in [0.717, 1.165) is 25.2 Å². The van der Waals surface area contributed by atoms with Crippen LogP contribution in [0.5, 0.6) is 0 Å². The molecular formula is C38H59NO3. The molecule has 0 amide bonds. The van der Waals surface area contributed by atoms with E-state index in [1.807, 2.05) is 0 Å². The maximum Gasteiger partial charge on any atom is 0.306 e. The van der Waals surface area contributed by atoms with E-state index in [1.54, 1.807) is 0 Å². The zero-order valence-corrected chi connectivity index (χ0v) is 27.5. The van der Waals surface area contributed by atoms with Gasteiger partial charge in [0, 0.05) is 12.1 Å². The minimum atomic E-state index is -0.637. The quantitative estimate of drug-likeness (QED) is 0.278. The normalized spacial score (nSPS) is 47.7. The fourth-order valence-electron chi connectivity index (χ4n) is 13.2. The lowest BCUT2D eigenvalue weighted by atomic mass is 9.33. The number of hydrogen-bond acceptors (Lipinski definition) is 3. The van der Waals surface area contributed by atoms with Gasteiger partial charge in [-0.2, -0.15) is 0 Å². The predicted octanol–water partition coefficient (Wildman–Crippen LogP) is 8.33. The standard InChI is InChI=1S/C38H59NO3/c1-24(2)27-14-19-38(39-22-23-40)21-20-36(6)29(32(27)38)12-13-31-35(5)17-15-28(25-8-10-26(11-9-25)33(41)42)34(3,4)30(35)16-18-37(31,36)7/h8,15,26-27,29-32,39-40H,1,9-14,16-23H2,2-7H3,(H,41,42)/t26-,27-,29+,30-,31+,32+,35-,36+,37+,38-/m0/s1. The summed E-state index contributed by atoms with van der Waals surface area (Å²) >= 11 is 0. The van der Waals surface area contributed by atoms with Crippen LogP contribution in [0, 0.1) is 57.2 Å². The fraction of sp³-hybridized carbons (Fsp3) is 0.816. The van der Waals surface area contributed by atoms with E-state index in [9.17, 15) is 15.0 Å². The molecule has 0 aromatic carbocycles. The van der Waals surface area contributed by atoms with Crippen molar-refractivity contribution in [2.24, 2.45) is 57.2 Å². The predicted molar refractivity (Wildman–Crippen MR) is 171 cm³/mol. The highest BCUT2D eigenvalue weighted by Gasteiger charge is 2.70. The molecule has 6 aliphatic carbocycles. The summed E-state index contributed by atoms with van der Waals surface area (Å²) in [5, 5.41) is 23.3. The second kappa shape index (κ2) is 10.3. The third-order valence-electron chi connectivity index (χ3n) is 15.3. The largest absolute Gasteiger partial charge is 0.481 e. The van der Waals surface area contributed by atoms with Gasteiger partial charge in [-0.15, -0.1) is 0 Å². The zero-order chi connectivity index (χ0) is 30.3. The Morgan fingerprint density at radius 3 is 2.36 bits per heavy atom. The summed E-state index contributed by atoms with van der Waals surface area (Å²) in [5.41, 5.74) is 5.56. The highest BCUT2D eigenvalue weighted by Crippen LogP contribution is 2.76. The Bertz CT molecular complexity index is 1180. The number of allylic oxidation sites excluding steroid dienone is 5. The molecule has 0 radical (unpaired) electrons. The molecule has 4 heteroatoms. The number of rotatable bonds is 6.